The summed E-state index contributed by atoms with van der Waals surface area (Å²) < 4.78 is 10.5. The standard InChI is InChI=1S/C21H19ClN2O4/c1-13-11-17(9-5-14-3-7-16(27-2)8-4-14)28-21(26)19(13)20(25)24-18-10-6-15(22)12-23-18/h3-4,6-8,10-12H,5,9H2,1-2H3,(H,23,24,25). The molecule has 1 N–H and O–H groups in total. The summed E-state index contributed by atoms with van der Waals surface area (Å²) in [5, 5.41) is 3.03. The third-order valence-electron chi connectivity index (χ3n) is 4.21. The Hall–Kier alpha value is -3.12. The minimum Gasteiger partial charge on any atom is -0.497 e. The van der Waals surface area contributed by atoms with Gasteiger partial charge in [-0.15, -0.1) is 0 Å². The molecule has 3 rings (SSSR count). The molecule has 0 aliphatic carbocycles. The van der Waals surface area contributed by atoms with Crippen molar-refractivity contribution in [2.75, 3.05) is 12.4 Å². The minimum atomic E-state index is -0.670. The number of hydrogen-bond donors (Lipinski definition) is 1. The first kappa shape index (κ1) is 19.6. The molecule has 3 aromatic rings. The van der Waals surface area contributed by atoms with Gasteiger partial charge in [0, 0.05) is 12.6 Å². The van der Waals surface area contributed by atoms with Crippen molar-refractivity contribution in [2.24, 2.45) is 0 Å². The molecular formula is C21H19ClN2O4. The number of aromatic nitrogens is 1. The number of methoxy groups -OCH3 is 1. The Labute approximate surface area is 167 Å². The van der Waals surface area contributed by atoms with Crippen LogP contribution in [0.1, 0.15) is 27.2 Å². The molecule has 0 bridgehead atoms. The van der Waals surface area contributed by atoms with Gasteiger partial charge in [0.15, 0.2) is 0 Å². The van der Waals surface area contributed by atoms with Crippen LogP contribution < -0.4 is 15.7 Å². The predicted molar refractivity (Wildman–Crippen MR) is 107 cm³/mol. The van der Waals surface area contributed by atoms with Crippen molar-refractivity contribution >= 4 is 23.3 Å². The molecule has 7 heteroatoms. The Morgan fingerprint density at radius 3 is 2.54 bits per heavy atom. The molecule has 144 valence electrons. The Bertz CT molecular complexity index is 1030. The summed E-state index contributed by atoms with van der Waals surface area (Å²) in [5.74, 6) is 1.05. The van der Waals surface area contributed by atoms with E-state index in [4.69, 9.17) is 20.8 Å². The number of pyridine rings is 1. The van der Waals surface area contributed by atoms with Gasteiger partial charge >= 0.3 is 5.63 Å². The fourth-order valence-corrected chi connectivity index (χ4v) is 2.87. The second-order valence-corrected chi connectivity index (χ2v) is 6.66. The van der Waals surface area contributed by atoms with E-state index in [0.717, 1.165) is 11.3 Å². The van der Waals surface area contributed by atoms with E-state index in [1.54, 1.807) is 32.2 Å². The van der Waals surface area contributed by atoms with Gasteiger partial charge in [-0.05, 0) is 54.8 Å². The van der Waals surface area contributed by atoms with Crippen molar-refractivity contribution < 1.29 is 13.9 Å². The van der Waals surface area contributed by atoms with E-state index in [1.807, 2.05) is 24.3 Å². The molecule has 0 saturated carbocycles. The lowest BCUT2D eigenvalue weighted by molar-refractivity contribution is 0.102. The highest BCUT2D eigenvalue weighted by Gasteiger charge is 2.17. The van der Waals surface area contributed by atoms with Gasteiger partial charge < -0.3 is 14.5 Å². The number of halogens is 1. The maximum absolute atomic E-state index is 12.4. The zero-order valence-electron chi connectivity index (χ0n) is 15.5. The Morgan fingerprint density at radius 1 is 1.18 bits per heavy atom. The van der Waals surface area contributed by atoms with Crippen LogP contribution in [0.4, 0.5) is 5.82 Å². The Morgan fingerprint density at radius 2 is 1.93 bits per heavy atom. The molecular weight excluding hydrogens is 380 g/mol. The molecule has 0 unspecified atom stereocenters. The number of carbonyl (C=O) groups is 1. The summed E-state index contributed by atoms with van der Waals surface area (Å²) >= 11 is 5.78. The average molecular weight is 399 g/mol. The molecule has 1 amide bonds. The first-order chi connectivity index (χ1) is 13.5. The average Bonchev–Trinajstić information content (AvgIpc) is 2.68. The van der Waals surface area contributed by atoms with Gasteiger partial charge in [-0.1, -0.05) is 23.7 Å². The number of ether oxygens (including phenoxy) is 1. The molecule has 2 heterocycles. The molecule has 0 atom stereocenters. The van der Waals surface area contributed by atoms with Crippen LogP contribution in [0.25, 0.3) is 0 Å². The largest absolute Gasteiger partial charge is 0.497 e. The number of amides is 1. The lowest BCUT2D eigenvalue weighted by Gasteiger charge is -2.08. The van der Waals surface area contributed by atoms with Crippen molar-refractivity contribution in [2.45, 2.75) is 19.8 Å². The molecule has 0 aliphatic heterocycles. The van der Waals surface area contributed by atoms with E-state index in [-0.39, 0.29) is 5.56 Å². The highest BCUT2D eigenvalue weighted by Crippen LogP contribution is 2.15. The van der Waals surface area contributed by atoms with Crippen LogP contribution in [0.3, 0.4) is 0 Å². The summed E-state index contributed by atoms with van der Waals surface area (Å²) in [4.78, 5) is 28.8. The zero-order chi connectivity index (χ0) is 20.1. The number of carbonyl (C=O) groups excluding carboxylic acids is 1. The van der Waals surface area contributed by atoms with E-state index < -0.39 is 11.5 Å². The van der Waals surface area contributed by atoms with Crippen molar-refractivity contribution in [3.05, 3.63) is 86.6 Å². The van der Waals surface area contributed by atoms with E-state index in [0.29, 0.717) is 35.0 Å². The van der Waals surface area contributed by atoms with Crippen LogP contribution in [0.5, 0.6) is 5.75 Å². The van der Waals surface area contributed by atoms with E-state index in [2.05, 4.69) is 10.3 Å². The van der Waals surface area contributed by atoms with Gasteiger partial charge in [-0.3, -0.25) is 4.79 Å². The van der Waals surface area contributed by atoms with Crippen LogP contribution in [-0.4, -0.2) is 18.0 Å². The SMILES string of the molecule is COc1ccc(CCc2cc(C)c(C(=O)Nc3ccc(Cl)cn3)c(=O)o2)cc1. The summed E-state index contributed by atoms with van der Waals surface area (Å²) in [6, 6.07) is 12.6. The molecule has 0 radical (unpaired) electrons. The highest BCUT2D eigenvalue weighted by molar-refractivity contribution is 6.30. The fourth-order valence-electron chi connectivity index (χ4n) is 2.76. The van der Waals surface area contributed by atoms with Gasteiger partial charge in [-0.25, -0.2) is 9.78 Å². The first-order valence-corrected chi connectivity index (χ1v) is 9.03. The third kappa shape index (κ3) is 4.78. The van der Waals surface area contributed by atoms with Crippen molar-refractivity contribution in [3.63, 3.8) is 0 Å². The molecule has 6 nitrogen and oxygen atoms in total. The van der Waals surface area contributed by atoms with Crippen molar-refractivity contribution in [3.8, 4) is 5.75 Å². The van der Waals surface area contributed by atoms with Gasteiger partial charge in [-0.2, -0.15) is 0 Å². The summed E-state index contributed by atoms with van der Waals surface area (Å²) in [7, 11) is 1.62. The first-order valence-electron chi connectivity index (χ1n) is 8.65. The quantitative estimate of drug-likeness (QED) is 0.677. The number of nitrogens with zero attached hydrogens (tertiary/aromatic N) is 1. The second kappa shape index (κ2) is 8.71. The van der Waals surface area contributed by atoms with Crippen LogP contribution in [0.2, 0.25) is 5.02 Å². The Balaban J connectivity index is 1.71. The maximum Gasteiger partial charge on any atom is 0.349 e. The number of hydrogen-bond acceptors (Lipinski definition) is 5. The number of anilines is 1. The summed E-state index contributed by atoms with van der Waals surface area (Å²) in [6.07, 6.45) is 2.66. The highest BCUT2D eigenvalue weighted by atomic mass is 35.5. The van der Waals surface area contributed by atoms with Gasteiger partial charge in [0.1, 0.15) is 22.9 Å². The molecule has 0 aliphatic rings. The Kier molecular flexibility index (Phi) is 6.11. The monoisotopic (exact) mass is 398 g/mol. The third-order valence-corrected chi connectivity index (χ3v) is 4.44. The number of benzene rings is 1. The molecule has 2 aromatic heterocycles. The van der Waals surface area contributed by atoms with E-state index in [1.165, 1.54) is 6.20 Å². The normalized spacial score (nSPS) is 10.5. The number of nitrogens with one attached hydrogen (secondary N) is 1. The van der Waals surface area contributed by atoms with Crippen LogP contribution in [0.15, 0.2) is 57.9 Å². The summed E-state index contributed by atoms with van der Waals surface area (Å²) in [5.41, 5.74) is 0.935. The van der Waals surface area contributed by atoms with Crippen LogP contribution in [0, 0.1) is 6.92 Å². The van der Waals surface area contributed by atoms with Gasteiger partial charge in [0.25, 0.3) is 5.91 Å². The predicted octanol–water partition coefficient (Wildman–Crippen LogP) is 4.04. The lowest BCUT2D eigenvalue weighted by atomic mass is 10.1. The van der Waals surface area contributed by atoms with E-state index >= 15 is 0 Å². The smallest absolute Gasteiger partial charge is 0.349 e. The molecule has 0 saturated heterocycles. The number of aryl methyl sites for hydroxylation is 3. The summed E-state index contributed by atoms with van der Waals surface area (Å²) in [6.45, 7) is 1.71. The van der Waals surface area contributed by atoms with Gasteiger partial charge in [0.05, 0.1) is 12.1 Å². The van der Waals surface area contributed by atoms with Crippen LogP contribution in [-0.2, 0) is 12.8 Å². The minimum absolute atomic E-state index is 0.0371. The topological polar surface area (TPSA) is 81.4 Å². The second-order valence-electron chi connectivity index (χ2n) is 6.22. The molecule has 0 spiro atoms. The maximum atomic E-state index is 12.4. The van der Waals surface area contributed by atoms with Crippen molar-refractivity contribution in [1.82, 2.24) is 4.98 Å². The number of rotatable bonds is 6. The molecule has 1 aromatic carbocycles. The van der Waals surface area contributed by atoms with Gasteiger partial charge in [0.2, 0.25) is 0 Å². The molecule has 0 fully saturated rings. The zero-order valence-corrected chi connectivity index (χ0v) is 16.2. The van der Waals surface area contributed by atoms with Crippen molar-refractivity contribution in [1.29, 1.82) is 0 Å². The fraction of sp³-hybridized carbons (Fsp3) is 0.190. The van der Waals surface area contributed by atoms with Crippen LogP contribution >= 0.6 is 11.6 Å². The lowest BCUT2D eigenvalue weighted by Crippen LogP contribution is -2.23. The van der Waals surface area contributed by atoms with E-state index in [9.17, 15) is 9.59 Å². The molecule has 28 heavy (non-hydrogen) atoms.